The Labute approximate surface area is 143 Å². The van der Waals surface area contributed by atoms with Crippen LogP contribution < -0.4 is 14.5 Å². The molecule has 2 aromatic rings. The lowest BCUT2D eigenvalue weighted by atomic mass is 10.1. The quantitative estimate of drug-likeness (QED) is 0.895. The Kier molecular flexibility index (Phi) is 5.06. The molecule has 3 rings (SSSR count). The fourth-order valence-corrected chi connectivity index (χ4v) is 3.25. The number of ether oxygens (including phenoxy) is 1. The van der Waals surface area contributed by atoms with Crippen LogP contribution in [0.25, 0.3) is 10.8 Å². The highest BCUT2D eigenvalue weighted by molar-refractivity contribution is 6.01. The van der Waals surface area contributed by atoms with Crippen molar-refractivity contribution in [3.05, 3.63) is 24.4 Å². The van der Waals surface area contributed by atoms with Crippen LogP contribution in [0.4, 0.5) is 11.5 Å². The van der Waals surface area contributed by atoms with E-state index in [4.69, 9.17) is 14.8 Å². The molecule has 0 unspecified atom stereocenters. The molecule has 0 aliphatic carbocycles. The average Bonchev–Trinajstić information content (AvgIpc) is 2.61. The summed E-state index contributed by atoms with van der Waals surface area (Å²) in [7, 11) is 5.76. The second-order valence-electron chi connectivity index (χ2n) is 6.33. The third-order valence-corrected chi connectivity index (χ3v) is 4.62. The number of aromatic nitrogens is 1. The van der Waals surface area contributed by atoms with Crippen LogP contribution in [0.5, 0.6) is 5.75 Å². The molecule has 6 nitrogen and oxygen atoms in total. The first-order valence-corrected chi connectivity index (χ1v) is 8.36. The molecular formula is C18H26N4O2. The van der Waals surface area contributed by atoms with E-state index in [0.29, 0.717) is 0 Å². The molecule has 1 saturated heterocycles. The maximum absolute atomic E-state index is 9.09. The van der Waals surface area contributed by atoms with Crippen LogP contribution in [-0.4, -0.2) is 75.5 Å². The van der Waals surface area contributed by atoms with Gasteiger partial charge in [0, 0.05) is 57.6 Å². The molecule has 0 atom stereocenters. The summed E-state index contributed by atoms with van der Waals surface area (Å²) in [5, 5.41) is 11.4. The van der Waals surface area contributed by atoms with Crippen LogP contribution in [-0.2, 0) is 0 Å². The molecule has 24 heavy (non-hydrogen) atoms. The van der Waals surface area contributed by atoms with E-state index in [-0.39, 0.29) is 6.61 Å². The van der Waals surface area contributed by atoms with Crippen LogP contribution in [0.3, 0.4) is 0 Å². The number of pyridine rings is 1. The van der Waals surface area contributed by atoms with Crippen molar-refractivity contribution in [2.75, 3.05) is 70.3 Å². The normalized spacial score (nSPS) is 15.8. The van der Waals surface area contributed by atoms with E-state index in [1.807, 2.05) is 26.4 Å². The zero-order chi connectivity index (χ0) is 17.1. The van der Waals surface area contributed by atoms with Gasteiger partial charge in [-0.1, -0.05) is 0 Å². The van der Waals surface area contributed by atoms with Gasteiger partial charge in [0.1, 0.15) is 11.6 Å². The summed E-state index contributed by atoms with van der Waals surface area (Å²) < 4.78 is 5.40. The van der Waals surface area contributed by atoms with Crippen LogP contribution in [0.1, 0.15) is 0 Å². The molecule has 1 aliphatic heterocycles. The number of nitrogens with zero attached hydrogens (tertiary/aromatic N) is 4. The van der Waals surface area contributed by atoms with Gasteiger partial charge in [-0.2, -0.15) is 0 Å². The van der Waals surface area contributed by atoms with E-state index in [9.17, 15) is 0 Å². The Balaban J connectivity index is 1.96. The third-order valence-electron chi connectivity index (χ3n) is 4.62. The fourth-order valence-electron chi connectivity index (χ4n) is 3.25. The zero-order valence-electron chi connectivity index (χ0n) is 14.7. The number of benzene rings is 1. The van der Waals surface area contributed by atoms with Crippen molar-refractivity contribution in [3.8, 4) is 5.75 Å². The Bertz CT molecular complexity index is 697. The van der Waals surface area contributed by atoms with Crippen molar-refractivity contribution in [1.82, 2.24) is 9.88 Å². The Morgan fingerprint density at radius 2 is 1.92 bits per heavy atom. The van der Waals surface area contributed by atoms with Gasteiger partial charge in [-0.25, -0.2) is 4.98 Å². The Morgan fingerprint density at radius 1 is 1.17 bits per heavy atom. The number of hydrogen-bond acceptors (Lipinski definition) is 6. The summed E-state index contributed by atoms with van der Waals surface area (Å²) in [4.78, 5) is 11.5. The molecule has 6 heteroatoms. The van der Waals surface area contributed by atoms with Gasteiger partial charge in [0.25, 0.3) is 0 Å². The van der Waals surface area contributed by atoms with Crippen molar-refractivity contribution in [3.63, 3.8) is 0 Å². The van der Waals surface area contributed by atoms with E-state index >= 15 is 0 Å². The average molecular weight is 330 g/mol. The van der Waals surface area contributed by atoms with Gasteiger partial charge < -0.3 is 19.6 Å². The molecule has 0 spiro atoms. The number of rotatable bonds is 5. The number of β-amino-alcohol motifs (C(OH)–C–C–N with tert-alkyl or cyclic N) is 1. The maximum Gasteiger partial charge on any atom is 0.136 e. The highest BCUT2D eigenvalue weighted by Crippen LogP contribution is 2.34. The van der Waals surface area contributed by atoms with Gasteiger partial charge in [-0.15, -0.1) is 0 Å². The summed E-state index contributed by atoms with van der Waals surface area (Å²) in [6.45, 7) is 4.73. The summed E-state index contributed by atoms with van der Waals surface area (Å²) in [6.07, 6.45) is 1.94. The Morgan fingerprint density at radius 3 is 2.54 bits per heavy atom. The first-order chi connectivity index (χ1) is 11.6. The molecule has 0 bridgehead atoms. The van der Waals surface area contributed by atoms with Gasteiger partial charge in [0.2, 0.25) is 0 Å². The summed E-state index contributed by atoms with van der Waals surface area (Å²) in [6, 6.07) is 6.18. The molecule has 1 aromatic heterocycles. The lowest BCUT2D eigenvalue weighted by Crippen LogP contribution is -2.47. The van der Waals surface area contributed by atoms with Gasteiger partial charge >= 0.3 is 0 Å². The number of fused-ring (bicyclic) bond motifs is 1. The zero-order valence-corrected chi connectivity index (χ0v) is 14.7. The number of methoxy groups -OCH3 is 1. The highest BCUT2D eigenvalue weighted by atomic mass is 16.5. The second kappa shape index (κ2) is 7.23. The SMILES string of the molecule is COc1ccc2c(N3CCN(CCO)CC3)ncc(N(C)C)c2c1. The minimum absolute atomic E-state index is 0.221. The number of aliphatic hydroxyl groups excluding tert-OH is 1. The van der Waals surface area contributed by atoms with Crippen molar-refractivity contribution >= 4 is 22.3 Å². The number of piperazine rings is 1. The molecule has 1 aromatic carbocycles. The topological polar surface area (TPSA) is 52.1 Å². The minimum atomic E-state index is 0.221. The maximum atomic E-state index is 9.09. The molecule has 2 heterocycles. The first-order valence-electron chi connectivity index (χ1n) is 8.36. The monoisotopic (exact) mass is 330 g/mol. The molecule has 1 aliphatic rings. The van der Waals surface area contributed by atoms with Gasteiger partial charge in [-0.05, 0) is 18.2 Å². The predicted octanol–water partition coefficient (Wildman–Crippen LogP) is 1.42. The fraction of sp³-hybridized carbons (Fsp3) is 0.500. The second-order valence-corrected chi connectivity index (χ2v) is 6.33. The third kappa shape index (κ3) is 3.25. The molecule has 1 N–H and O–H groups in total. The van der Waals surface area contributed by atoms with E-state index in [0.717, 1.165) is 60.8 Å². The summed E-state index contributed by atoms with van der Waals surface area (Å²) in [5.41, 5.74) is 1.09. The van der Waals surface area contributed by atoms with E-state index in [2.05, 4.69) is 26.8 Å². The molecule has 0 radical (unpaired) electrons. The highest BCUT2D eigenvalue weighted by Gasteiger charge is 2.20. The van der Waals surface area contributed by atoms with Gasteiger partial charge in [0.05, 0.1) is 25.6 Å². The van der Waals surface area contributed by atoms with E-state index < -0.39 is 0 Å². The van der Waals surface area contributed by atoms with Crippen LogP contribution in [0.2, 0.25) is 0 Å². The van der Waals surface area contributed by atoms with Gasteiger partial charge in [-0.3, -0.25) is 4.90 Å². The molecule has 0 amide bonds. The van der Waals surface area contributed by atoms with Crippen molar-refractivity contribution < 1.29 is 9.84 Å². The van der Waals surface area contributed by atoms with Crippen LogP contribution in [0.15, 0.2) is 24.4 Å². The van der Waals surface area contributed by atoms with Gasteiger partial charge in [0.15, 0.2) is 0 Å². The molecule has 0 saturated carbocycles. The van der Waals surface area contributed by atoms with Crippen LogP contribution in [0, 0.1) is 0 Å². The molecular weight excluding hydrogens is 304 g/mol. The largest absolute Gasteiger partial charge is 0.497 e. The number of hydrogen-bond donors (Lipinski definition) is 1. The number of aliphatic hydroxyl groups is 1. The lowest BCUT2D eigenvalue weighted by Gasteiger charge is -2.35. The van der Waals surface area contributed by atoms with Crippen molar-refractivity contribution in [2.24, 2.45) is 0 Å². The number of anilines is 2. The summed E-state index contributed by atoms with van der Waals surface area (Å²) in [5.74, 6) is 1.89. The van der Waals surface area contributed by atoms with Crippen molar-refractivity contribution in [2.45, 2.75) is 0 Å². The van der Waals surface area contributed by atoms with E-state index in [1.165, 1.54) is 0 Å². The minimum Gasteiger partial charge on any atom is -0.497 e. The van der Waals surface area contributed by atoms with Crippen molar-refractivity contribution in [1.29, 1.82) is 0 Å². The Hall–Kier alpha value is -2.05. The van der Waals surface area contributed by atoms with Crippen LogP contribution >= 0.6 is 0 Å². The smallest absolute Gasteiger partial charge is 0.136 e. The predicted molar refractivity (Wildman–Crippen MR) is 98.4 cm³/mol. The molecule has 130 valence electrons. The van der Waals surface area contributed by atoms with E-state index in [1.54, 1.807) is 7.11 Å². The lowest BCUT2D eigenvalue weighted by molar-refractivity contribution is 0.188. The molecule has 1 fully saturated rings. The summed E-state index contributed by atoms with van der Waals surface area (Å²) >= 11 is 0. The first kappa shape index (κ1) is 16.8. The standard InChI is InChI=1S/C18H26N4O2/c1-20(2)17-13-19-18(15-5-4-14(24-3)12-16(15)17)22-8-6-21(7-9-22)10-11-23/h4-5,12-13,23H,6-11H2,1-3H3.